The van der Waals surface area contributed by atoms with Crippen molar-refractivity contribution in [1.82, 2.24) is 10.6 Å². The fraction of sp³-hybridized carbons (Fsp3) is 0.727. The van der Waals surface area contributed by atoms with Gasteiger partial charge in [0, 0.05) is 6.92 Å². The molecule has 1 aliphatic heterocycles. The van der Waals surface area contributed by atoms with Crippen LogP contribution in [-0.4, -0.2) is 102 Å². The molecule has 14 nitrogen and oxygen atoms in total. The van der Waals surface area contributed by atoms with Crippen LogP contribution < -0.4 is 27.8 Å². The van der Waals surface area contributed by atoms with Crippen LogP contribution in [0.4, 0.5) is 0 Å². The average molecular weight is 525 g/mol. The van der Waals surface area contributed by atoms with Crippen LogP contribution in [0.25, 0.3) is 0 Å². The molecule has 2 radical (unpaired) electrons. The second-order valence-corrected chi connectivity index (χ2v) is 10.1. The number of nitrogens with two attached hydrogens (primary N) is 3. The molecule has 1 heterocycles. The van der Waals surface area contributed by atoms with E-state index in [1.165, 1.54) is 6.92 Å². The van der Waals surface area contributed by atoms with Crippen molar-refractivity contribution in [3.8, 4) is 0 Å². The number of hydrogen-bond acceptors (Lipinski definition) is 8. The highest BCUT2D eigenvalue weighted by atomic mass is 16.5. The first kappa shape index (κ1) is 32.0. The third-order valence-corrected chi connectivity index (χ3v) is 5.40. The van der Waals surface area contributed by atoms with E-state index in [4.69, 9.17) is 34.5 Å². The van der Waals surface area contributed by atoms with Crippen LogP contribution in [-0.2, 0) is 19.1 Å². The maximum absolute atomic E-state index is 11.8. The van der Waals surface area contributed by atoms with Gasteiger partial charge in [-0.15, -0.1) is 0 Å². The molecule has 0 saturated heterocycles. The van der Waals surface area contributed by atoms with Crippen LogP contribution in [0.5, 0.6) is 0 Å². The summed E-state index contributed by atoms with van der Waals surface area (Å²) in [5.41, 5.74) is 15.8. The molecular weight excluding hydrogens is 485 g/mol. The first-order valence-corrected chi connectivity index (χ1v) is 11.7. The van der Waals surface area contributed by atoms with E-state index in [0.717, 1.165) is 6.08 Å². The SMILES string of the molecule is [B]CCC(C)(C)OCC(C)(C)NC(N)=NC[C@@H](O)[C@@H](O)[C@@H]1OC(C(=O)O)=C[C@H](N=C(N)N)[C@H]1NC(C)=O. The van der Waals surface area contributed by atoms with Crippen molar-refractivity contribution in [3.05, 3.63) is 11.8 Å². The smallest absolute Gasteiger partial charge is 0.370 e. The van der Waals surface area contributed by atoms with Crippen LogP contribution in [0, 0.1) is 0 Å². The maximum Gasteiger partial charge on any atom is 0.370 e. The van der Waals surface area contributed by atoms with E-state index in [-0.39, 0.29) is 25.1 Å². The van der Waals surface area contributed by atoms with E-state index in [1.807, 2.05) is 27.7 Å². The summed E-state index contributed by atoms with van der Waals surface area (Å²) in [6.45, 7) is 8.66. The molecule has 37 heavy (non-hydrogen) atoms. The molecule has 0 bridgehead atoms. The Balaban J connectivity index is 2.99. The number of hydrogen-bond donors (Lipinski definition) is 8. The number of rotatable bonds is 13. The molecule has 0 aromatic carbocycles. The van der Waals surface area contributed by atoms with Gasteiger partial charge in [-0.3, -0.25) is 9.79 Å². The van der Waals surface area contributed by atoms with Crippen molar-refractivity contribution in [2.75, 3.05) is 13.2 Å². The second-order valence-electron chi connectivity index (χ2n) is 10.1. The van der Waals surface area contributed by atoms with E-state index in [0.29, 0.717) is 12.7 Å². The number of aliphatic carboxylic acids is 1. The number of nitrogens with one attached hydrogen (secondary N) is 2. The largest absolute Gasteiger partial charge is 0.478 e. The van der Waals surface area contributed by atoms with Crippen molar-refractivity contribution >= 4 is 31.6 Å². The summed E-state index contributed by atoms with van der Waals surface area (Å²) in [6.07, 6.45) is -2.45. The van der Waals surface area contributed by atoms with E-state index in [1.54, 1.807) is 0 Å². The minimum Gasteiger partial charge on any atom is -0.478 e. The van der Waals surface area contributed by atoms with Gasteiger partial charge in [0.15, 0.2) is 11.9 Å². The highest BCUT2D eigenvalue weighted by molar-refractivity contribution is 6.08. The number of carboxylic acid groups (broad SMARTS) is 1. The van der Waals surface area contributed by atoms with Crippen molar-refractivity contribution in [2.45, 2.75) is 88.9 Å². The number of aliphatic hydroxyl groups excluding tert-OH is 2. The van der Waals surface area contributed by atoms with Gasteiger partial charge in [0.1, 0.15) is 18.3 Å². The molecule has 0 saturated carbocycles. The molecule has 1 amide bonds. The van der Waals surface area contributed by atoms with Crippen LogP contribution in [0.15, 0.2) is 21.8 Å². The average Bonchev–Trinajstić information content (AvgIpc) is 2.75. The summed E-state index contributed by atoms with van der Waals surface area (Å²) < 4.78 is 11.3. The molecule has 5 atom stereocenters. The first-order valence-electron chi connectivity index (χ1n) is 11.7. The van der Waals surface area contributed by atoms with Gasteiger partial charge < -0.3 is 52.6 Å². The standard InChI is InChI=1S/C22H40BN7O7/c1-11(31)28-15-12(29-19(24)25)8-14(18(34)35)37-17(15)16(33)13(32)9-27-20(26)30-21(2,3)10-36-22(4,5)6-7-23/h8,12-13,15-17,32-33H,6-7,9-10H2,1-5H3,(H,28,31)(H,34,35)(H4,24,25,29)(H3,26,27,30)/t12-,13+,15+,16+,17+/m0/s1. The highest BCUT2D eigenvalue weighted by Gasteiger charge is 2.43. The number of aliphatic imine (C=N–C) groups is 2. The van der Waals surface area contributed by atoms with Crippen molar-refractivity contribution in [3.63, 3.8) is 0 Å². The molecule has 0 aromatic heterocycles. The Morgan fingerprint density at radius 2 is 1.86 bits per heavy atom. The number of guanidine groups is 2. The van der Waals surface area contributed by atoms with Crippen molar-refractivity contribution in [1.29, 1.82) is 0 Å². The zero-order chi connectivity index (χ0) is 28.6. The van der Waals surface area contributed by atoms with E-state index in [9.17, 15) is 24.9 Å². The summed E-state index contributed by atoms with van der Waals surface area (Å²) in [4.78, 5) is 31.3. The summed E-state index contributed by atoms with van der Waals surface area (Å²) in [5.74, 6) is -2.93. The predicted molar refractivity (Wildman–Crippen MR) is 139 cm³/mol. The van der Waals surface area contributed by atoms with Crippen LogP contribution in [0.2, 0.25) is 6.32 Å². The fourth-order valence-corrected chi connectivity index (χ4v) is 3.54. The monoisotopic (exact) mass is 525 g/mol. The molecule has 1 aliphatic rings. The Hall–Kier alpha value is -3.04. The first-order chi connectivity index (χ1) is 17.0. The summed E-state index contributed by atoms with van der Waals surface area (Å²) in [7, 11) is 5.61. The topological polar surface area (TPSA) is 240 Å². The molecular formula is C22H40BN7O7. The van der Waals surface area contributed by atoms with Gasteiger partial charge in [-0.25, -0.2) is 9.79 Å². The lowest BCUT2D eigenvalue weighted by Crippen LogP contribution is -2.59. The molecule has 11 N–H and O–H groups in total. The normalized spacial score (nSPS) is 22.2. The molecule has 208 valence electrons. The number of ether oxygens (including phenoxy) is 2. The summed E-state index contributed by atoms with van der Waals surface area (Å²) in [6, 6.07) is -2.18. The third kappa shape index (κ3) is 10.9. The van der Waals surface area contributed by atoms with Crippen LogP contribution >= 0.6 is 0 Å². The molecule has 0 aliphatic carbocycles. The van der Waals surface area contributed by atoms with Gasteiger partial charge in [0.05, 0.1) is 44.2 Å². The summed E-state index contributed by atoms with van der Waals surface area (Å²) >= 11 is 0. The minimum atomic E-state index is -1.71. The van der Waals surface area contributed by atoms with Crippen molar-refractivity contribution in [2.24, 2.45) is 27.2 Å². The third-order valence-electron chi connectivity index (χ3n) is 5.40. The number of carbonyl (C=O) groups excluding carboxylic acids is 1. The van der Waals surface area contributed by atoms with E-state index in [2.05, 4.69) is 20.6 Å². The number of carbonyl (C=O) groups is 2. The van der Waals surface area contributed by atoms with Crippen molar-refractivity contribution < 1.29 is 34.4 Å². The Morgan fingerprint density at radius 3 is 2.38 bits per heavy atom. The zero-order valence-electron chi connectivity index (χ0n) is 22.0. The number of nitrogens with zero attached hydrogens (tertiary/aromatic N) is 2. The lowest BCUT2D eigenvalue weighted by molar-refractivity contribution is -0.144. The Morgan fingerprint density at radius 1 is 1.24 bits per heavy atom. The fourth-order valence-electron chi connectivity index (χ4n) is 3.54. The Bertz CT molecular complexity index is 891. The Labute approximate surface area is 218 Å². The van der Waals surface area contributed by atoms with Crippen LogP contribution in [0.1, 0.15) is 41.0 Å². The minimum absolute atomic E-state index is 0.0241. The van der Waals surface area contributed by atoms with Gasteiger partial charge in [0.25, 0.3) is 0 Å². The number of aliphatic hydroxyl groups is 2. The maximum atomic E-state index is 11.8. The summed E-state index contributed by atoms with van der Waals surface area (Å²) in [5, 5.41) is 36.4. The zero-order valence-corrected chi connectivity index (χ0v) is 22.0. The van der Waals surface area contributed by atoms with Gasteiger partial charge in [-0.05, 0) is 40.2 Å². The lowest BCUT2D eigenvalue weighted by Gasteiger charge is -2.38. The number of amides is 1. The quantitative estimate of drug-likeness (QED) is 0.0721. The number of carboxylic acids is 1. The van der Waals surface area contributed by atoms with Crippen LogP contribution in [0.3, 0.4) is 0 Å². The molecule has 0 unspecified atom stereocenters. The molecule has 0 aromatic rings. The second kappa shape index (κ2) is 13.5. The molecule has 0 fully saturated rings. The lowest BCUT2D eigenvalue weighted by atomic mass is 9.92. The van der Waals surface area contributed by atoms with Gasteiger partial charge in [-0.2, -0.15) is 0 Å². The van der Waals surface area contributed by atoms with E-state index >= 15 is 0 Å². The highest BCUT2D eigenvalue weighted by Crippen LogP contribution is 2.25. The molecule has 0 spiro atoms. The molecule has 15 heteroatoms. The van der Waals surface area contributed by atoms with E-state index < -0.39 is 59.2 Å². The molecule has 1 rings (SSSR count). The van der Waals surface area contributed by atoms with Gasteiger partial charge in [0.2, 0.25) is 11.7 Å². The van der Waals surface area contributed by atoms with Gasteiger partial charge >= 0.3 is 5.97 Å². The van der Waals surface area contributed by atoms with Gasteiger partial charge in [-0.1, -0.05) is 6.32 Å². The predicted octanol–water partition coefficient (Wildman–Crippen LogP) is -2.32. The Kier molecular flexibility index (Phi) is 11.7.